The number of carboxylic acid groups (broad SMARTS) is 1. The molecule has 23 heavy (non-hydrogen) atoms. The average molecular weight is 329 g/mol. The van der Waals surface area contributed by atoms with Gasteiger partial charge in [0.05, 0.1) is 6.42 Å². The minimum absolute atomic E-state index is 0.0526. The second kappa shape index (κ2) is 15.0. The molecule has 0 aromatic heterocycles. The number of unbranched alkanes of at least 4 members (excludes halogenated alkanes) is 12. The van der Waals surface area contributed by atoms with E-state index in [0.717, 1.165) is 19.3 Å². The highest BCUT2D eigenvalue weighted by Crippen LogP contribution is 2.28. The molecule has 0 atom stereocenters. The van der Waals surface area contributed by atoms with Crippen molar-refractivity contribution in [3.05, 3.63) is 0 Å². The SMILES string of the molecule is CC(C)(CCCCCCCCCCCCCCCO)CC(=O)O. The summed E-state index contributed by atoms with van der Waals surface area (Å²) in [7, 11) is 0. The van der Waals surface area contributed by atoms with Gasteiger partial charge in [0, 0.05) is 6.61 Å². The summed E-state index contributed by atoms with van der Waals surface area (Å²) in [6.07, 6.45) is 17.9. The lowest BCUT2D eigenvalue weighted by atomic mass is 9.83. The number of carbonyl (C=O) groups is 1. The van der Waals surface area contributed by atoms with E-state index in [2.05, 4.69) is 13.8 Å². The van der Waals surface area contributed by atoms with Crippen molar-refractivity contribution in [3.63, 3.8) is 0 Å². The van der Waals surface area contributed by atoms with Crippen LogP contribution in [0, 0.1) is 5.41 Å². The molecule has 0 unspecified atom stereocenters. The Hall–Kier alpha value is -0.570. The van der Waals surface area contributed by atoms with E-state index in [1.54, 1.807) is 0 Å². The fourth-order valence-corrected chi connectivity index (χ4v) is 3.16. The maximum Gasteiger partial charge on any atom is 0.303 e. The molecule has 0 aliphatic heterocycles. The van der Waals surface area contributed by atoms with E-state index in [4.69, 9.17) is 10.2 Å². The Kier molecular flexibility index (Phi) is 14.6. The fourth-order valence-electron chi connectivity index (χ4n) is 3.16. The van der Waals surface area contributed by atoms with E-state index in [9.17, 15) is 4.79 Å². The minimum Gasteiger partial charge on any atom is -0.481 e. The molecule has 0 amide bonds. The van der Waals surface area contributed by atoms with Gasteiger partial charge in [0.1, 0.15) is 0 Å². The molecule has 0 heterocycles. The Labute approximate surface area is 143 Å². The highest BCUT2D eigenvalue weighted by Gasteiger charge is 2.20. The molecule has 0 spiro atoms. The third-order valence-electron chi connectivity index (χ3n) is 4.64. The maximum absolute atomic E-state index is 10.8. The highest BCUT2D eigenvalue weighted by molar-refractivity contribution is 5.67. The van der Waals surface area contributed by atoms with E-state index < -0.39 is 5.97 Å². The summed E-state index contributed by atoms with van der Waals surface area (Å²) in [5.74, 6) is -0.677. The first-order chi connectivity index (χ1) is 11.0. The van der Waals surface area contributed by atoms with Crippen LogP contribution < -0.4 is 0 Å². The van der Waals surface area contributed by atoms with Crippen LogP contribution in [0.3, 0.4) is 0 Å². The third-order valence-corrected chi connectivity index (χ3v) is 4.64. The average Bonchev–Trinajstić information content (AvgIpc) is 2.46. The van der Waals surface area contributed by atoms with Crippen LogP contribution in [0.25, 0.3) is 0 Å². The van der Waals surface area contributed by atoms with Crippen molar-refractivity contribution in [3.8, 4) is 0 Å². The fraction of sp³-hybridized carbons (Fsp3) is 0.950. The summed E-state index contributed by atoms with van der Waals surface area (Å²) in [5.41, 5.74) is -0.0526. The van der Waals surface area contributed by atoms with Gasteiger partial charge >= 0.3 is 5.97 Å². The predicted molar refractivity (Wildman–Crippen MR) is 97.8 cm³/mol. The van der Waals surface area contributed by atoms with Crippen LogP contribution >= 0.6 is 0 Å². The molecule has 0 bridgehead atoms. The molecular weight excluding hydrogens is 288 g/mol. The van der Waals surface area contributed by atoms with Crippen molar-refractivity contribution in [2.24, 2.45) is 5.41 Å². The standard InChI is InChI=1S/C20H40O3/c1-20(2,18-19(22)23)16-14-12-10-8-6-4-3-5-7-9-11-13-15-17-21/h21H,3-18H2,1-2H3,(H,22,23). The van der Waals surface area contributed by atoms with Crippen molar-refractivity contribution < 1.29 is 15.0 Å². The predicted octanol–water partition coefficient (Wildman–Crippen LogP) is 5.94. The van der Waals surface area contributed by atoms with Crippen LogP contribution in [0.1, 0.15) is 110 Å². The molecule has 138 valence electrons. The molecule has 0 rings (SSSR count). The van der Waals surface area contributed by atoms with E-state index in [-0.39, 0.29) is 11.8 Å². The molecule has 0 aromatic carbocycles. The molecule has 0 aromatic rings. The largest absolute Gasteiger partial charge is 0.481 e. The van der Waals surface area contributed by atoms with Gasteiger partial charge < -0.3 is 10.2 Å². The molecular formula is C20H40O3. The Morgan fingerprint density at radius 3 is 1.39 bits per heavy atom. The normalized spacial score (nSPS) is 11.8. The summed E-state index contributed by atoms with van der Waals surface area (Å²) >= 11 is 0. The Bertz CT molecular complexity index is 274. The van der Waals surface area contributed by atoms with E-state index in [0.29, 0.717) is 6.61 Å². The number of aliphatic hydroxyl groups excluding tert-OH is 1. The van der Waals surface area contributed by atoms with Crippen molar-refractivity contribution in [2.75, 3.05) is 6.61 Å². The Balaban J connectivity index is 3.20. The first-order valence-corrected chi connectivity index (χ1v) is 9.80. The van der Waals surface area contributed by atoms with Crippen LogP contribution in [0.15, 0.2) is 0 Å². The van der Waals surface area contributed by atoms with Crippen molar-refractivity contribution in [1.29, 1.82) is 0 Å². The van der Waals surface area contributed by atoms with Crippen LogP contribution in [0.4, 0.5) is 0 Å². The second-order valence-electron chi connectivity index (χ2n) is 7.80. The number of aliphatic hydroxyl groups is 1. The molecule has 0 radical (unpaired) electrons. The molecule has 0 saturated carbocycles. The number of hydrogen-bond donors (Lipinski definition) is 2. The van der Waals surface area contributed by atoms with Gasteiger partial charge in [-0.15, -0.1) is 0 Å². The second-order valence-corrected chi connectivity index (χ2v) is 7.80. The Morgan fingerprint density at radius 1 is 0.696 bits per heavy atom. The monoisotopic (exact) mass is 328 g/mol. The highest BCUT2D eigenvalue weighted by atomic mass is 16.4. The minimum atomic E-state index is -0.677. The molecule has 3 heteroatoms. The Morgan fingerprint density at radius 2 is 1.04 bits per heavy atom. The van der Waals surface area contributed by atoms with Gasteiger partial charge in [0.15, 0.2) is 0 Å². The van der Waals surface area contributed by atoms with Crippen LogP contribution in [-0.4, -0.2) is 22.8 Å². The van der Waals surface area contributed by atoms with Crippen LogP contribution in [-0.2, 0) is 4.79 Å². The summed E-state index contributed by atoms with van der Waals surface area (Å²) in [4.78, 5) is 10.8. The first-order valence-electron chi connectivity index (χ1n) is 9.80. The van der Waals surface area contributed by atoms with Gasteiger partial charge in [-0.1, -0.05) is 90.9 Å². The van der Waals surface area contributed by atoms with Gasteiger partial charge in [-0.3, -0.25) is 4.79 Å². The molecule has 0 saturated heterocycles. The van der Waals surface area contributed by atoms with Crippen molar-refractivity contribution in [2.45, 2.75) is 110 Å². The van der Waals surface area contributed by atoms with Crippen LogP contribution in [0.2, 0.25) is 0 Å². The lowest BCUT2D eigenvalue weighted by Gasteiger charge is -2.21. The number of hydrogen-bond acceptors (Lipinski definition) is 2. The molecule has 3 nitrogen and oxygen atoms in total. The van der Waals surface area contributed by atoms with Gasteiger partial charge in [-0.2, -0.15) is 0 Å². The summed E-state index contributed by atoms with van der Waals surface area (Å²) in [6, 6.07) is 0. The summed E-state index contributed by atoms with van der Waals surface area (Å²) in [6.45, 7) is 4.47. The maximum atomic E-state index is 10.8. The first kappa shape index (κ1) is 22.4. The zero-order valence-electron chi connectivity index (χ0n) is 15.6. The van der Waals surface area contributed by atoms with E-state index in [1.165, 1.54) is 70.6 Å². The topological polar surface area (TPSA) is 57.5 Å². The lowest BCUT2D eigenvalue weighted by Crippen LogP contribution is -2.16. The van der Waals surface area contributed by atoms with Gasteiger partial charge in [0.2, 0.25) is 0 Å². The zero-order chi connectivity index (χ0) is 17.4. The summed E-state index contributed by atoms with van der Waals surface area (Å²) in [5, 5.41) is 17.5. The molecule has 0 aliphatic carbocycles. The summed E-state index contributed by atoms with van der Waals surface area (Å²) < 4.78 is 0. The zero-order valence-corrected chi connectivity index (χ0v) is 15.6. The quantitative estimate of drug-likeness (QED) is 0.325. The molecule has 0 aliphatic rings. The van der Waals surface area contributed by atoms with Gasteiger partial charge in [0.25, 0.3) is 0 Å². The molecule has 2 N–H and O–H groups in total. The van der Waals surface area contributed by atoms with Gasteiger partial charge in [-0.05, 0) is 18.3 Å². The number of aliphatic carboxylic acids is 1. The van der Waals surface area contributed by atoms with E-state index >= 15 is 0 Å². The third kappa shape index (κ3) is 17.6. The smallest absolute Gasteiger partial charge is 0.303 e. The number of carboxylic acids is 1. The van der Waals surface area contributed by atoms with Crippen molar-refractivity contribution >= 4 is 5.97 Å². The van der Waals surface area contributed by atoms with Crippen LogP contribution in [0.5, 0.6) is 0 Å². The molecule has 0 fully saturated rings. The van der Waals surface area contributed by atoms with E-state index in [1.807, 2.05) is 0 Å². The van der Waals surface area contributed by atoms with Gasteiger partial charge in [-0.25, -0.2) is 0 Å². The lowest BCUT2D eigenvalue weighted by molar-refractivity contribution is -0.139. The number of rotatable bonds is 17. The van der Waals surface area contributed by atoms with Crippen molar-refractivity contribution in [1.82, 2.24) is 0 Å².